The number of carbonyl (C=O) groups is 2. The molecule has 0 unspecified atom stereocenters. The molecule has 0 aromatic carbocycles. The predicted molar refractivity (Wildman–Crippen MR) is 98.6 cm³/mol. The Morgan fingerprint density at radius 2 is 2.04 bits per heavy atom. The fraction of sp³-hybridized carbons (Fsp3) is 0.632. The SMILES string of the molecule is COC(=O)CC1(NC(=O)c2ccc(C3CC3)c(OCC3CC3)n2)CSC1. The number of amides is 1. The van der Waals surface area contributed by atoms with E-state index < -0.39 is 5.54 Å². The maximum atomic E-state index is 12.7. The monoisotopic (exact) mass is 376 g/mol. The van der Waals surface area contributed by atoms with Crippen LogP contribution in [0.2, 0.25) is 0 Å². The molecule has 1 N–H and O–H groups in total. The van der Waals surface area contributed by atoms with Crippen LogP contribution in [0.4, 0.5) is 0 Å². The van der Waals surface area contributed by atoms with Gasteiger partial charge in [0.25, 0.3) is 5.91 Å². The highest BCUT2D eigenvalue weighted by molar-refractivity contribution is 8.00. The van der Waals surface area contributed by atoms with E-state index in [9.17, 15) is 9.59 Å². The molecule has 26 heavy (non-hydrogen) atoms. The molecular formula is C19H24N2O4S. The van der Waals surface area contributed by atoms with Crippen LogP contribution in [0.25, 0.3) is 0 Å². The van der Waals surface area contributed by atoms with Crippen molar-refractivity contribution in [1.29, 1.82) is 0 Å². The largest absolute Gasteiger partial charge is 0.477 e. The summed E-state index contributed by atoms with van der Waals surface area (Å²) in [5.41, 5.74) is 0.938. The van der Waals surface area contributed by atoms with E-state index in [4.69, 9.17) is 9.47 Å². The molecule has 1 aromatic heterocycles. The highest BCUT2D eigenvalue weighted by atomic mass is 32.2. The van der Waals surface area contributed by atoms with Crippen LogP contribution in [-0.2, 0) is 9.53 Å². The Morgan fingerprint density at radius 3 is 2.62 bits per heavy atom. The van der Waals surface area contributed by atoms with Gasteiger partial charge < -0.3 is 14.8 Å². The van der Waals surface area contributed by atoms with Gasteiger partial charge in [-0.25, -0.2) is 4.98 Å². The van der Waals surface area contributed by atoms with Gasteiger partial charge in [0, 0.05) is 17.1 Å². The van der Waals surface area contributed by atoms with E-state index in [0.717, 1.165) is 18.4 Å². The number of pyridine rings is 1. The lowest BCUT2D eigenvalue weighted by atomic mass is 9.98. The third-order valence-corrected chi connectivity index (χ3v) is 6.65. The van der Waals surface area contributed by atoms with Gasteiger partial charge in [0.1, 0.15) is 5.69 Å². The van der Waals surface area contributed by atoms with E-state index in [-0.39, 0.29) is 18.3 Å². The molecule has 1 aromatic rings. The van der Waals surface area contributed by atoms with Crippen molar-refractivity contribution in [1.82, 2.24) is 10.3 Å². The van der Waals surface area contributed by atoms with Crippen molar-refractivity contribution in [2.75, 3.05) is 25.2 Å². The molecule has 0 spiro atoms. The summed E-state index contributed by atoms with van der Waals surface area (Å²) in [6, 6.07) is 3.74. The minimum Gasteiger partial charge on any atom is -0.477 e. The number of esters is 1. The van der Waals surface area contributed by atoms with Gasteiger partial charge in [-0.1, -0.05) is 6.07 Å². The summed E-state index contributed by atoms with van der Waals surface area (Å²) < 4.78 is 10.7. The molecule has 0 atom stereocenters. The smallest absolute Gasteiger partial charge is 0.307 e. The van der Waals surface area contributed by atoms with E-state index in [0.29, 0.717) is 41.5 Å². The Kier molecular flexibility index (Phi) is 4.82. The van der Waals surface area contributed by atoms with Crippen LogP contribution in [0.5, 0.6) is 5.88 Å². The van der Waals surface area contributed by atoms with Gasteiger partial charge in [-0.15, -0.1) is 0 Å². The van der Waals surface area contributed by atoms with Crippen LogP contribution in [0, 0.1) is 5.92 Å². The summed E-state index contributed by atoms with van der Waals surface area (Å²) in [5, 5.41) is 3.00. The number of ether oxygens (including phenoxy) is 2. The van der Waals surface area contributed by atoms with Crippen LogP contribution in [0.3, 0.4) is 0 Å². The highest BCUT2D eigenvalue weighted by Gasteiger charge is 2.42. The van der Waals surface area contributed by atoms with Gasteiger partial charge in [0.05, 0.1) is 25.7 Å². The minimum absolute atomic E-state index is 0.188. The molecule has 2 heterocycles. The Labute approximate surface area is 157 Å². The topological polar surface area (TPSA) is 77.5 Å². The van der Waals surface area contributed by atoms with Gasteiger partial charge in [0.15, 0.2) is 0 Å². The summed E-state index contributed by atoms with van der Waals surface area (Å²) in [6.45, 7) is 0.681. The molecule has 3 fully saturated rings. The second kappa shape index (κ2) is 7.10. The molecule has 1 saturated heterocycles. The molecule has 140 valence electrons. The first-order valence-corrected chi connectivity index (χ1v) is 10.3. The zero-order valence-electron chi connectivity index (χ0n) is 15.0. The number of hydrogen-bond acceptors (Lipinski definition) is 6. The molecule has 6 nitrogen and oxygen atoms in total. The van der Waals surface area contributed by atoms with Crippen LogP contribution < -0.4 is 10.1 Å². The number of thioether (sulfide) groups is 1. The first kappa shape index (κ1) is 17.6. The van der Waals surface area contributed by atoms with Gasteiger partial charge in [0.2, 0.25) is 5.88 Å². The molecule has 4 rings (SSSR count). The normalized spacial score (nSPS) is 20.8. The quantitative estimate of drug-likeness (QED) is 0.703. The van der Waals surface area contributed by atoms with E-state index in [1.807, 2.05) is 6.07 Å². The predicted octanol–water partition coefficient (Wildman–Crippen LogP) is 2.53. The maximum Gasteiger partial charge on any atom is 0.307 e. The molecule has 7 heteroatoms. The number of aromatic nitrogens is 1. The second-order valence-corrected chi connectivity index (χ2v) is 8.59. The van der Waals surface area contributed by atoms with Gasteiger partial charge in [-0.05, 0) is 43.6 Å². The highest BCUT2D eigenvalue weighted by Crippen LogP contribution is 2.44. The van der Waals surface area contributed by atoms with Crippen molar-refractivity contribution < 1.29 is 19.1 Å². The molecule has 3 aliphatic rings. The molecule has 0 bridgehead atoms. The van der Waals surface area contributed by atoms with Crippen LogP contribution in [-0.4, -0.2) is 47.6 Å². The third kappa shape index (κ3) is 3.98. The zero-order valence-corrected chi connectivity index (χ0v) is 15.8. The summed E-state index contributed by atoms with van der Waals surface area (Å²) in [4.78, 5) is 28.9. The van der Waals surface area contributed by atoms with Crippen LogP contribution in [0.1, 0.15) is 54.1 Å². The summed E-state index contributed by atoms with van der Waals surface area (Å²) in [7, 11) is 1.37. The fourth-order valence-corrected chi connectivity index (χ4v) is 4.15. The van der Waals surface area contributed by atoms with Crippen LogP contribution >= 0.6 is 11.8 Å². The van der Waals surface area contributed by atoms with E-state index in [1.165, 1.54) is 20.0 Å². The lowest BCUT2D eigenvalue weighted by Gasteiger charge is -2.40. The van der Waals surface area contributed by atoms with Crippen molar-refractivity contribution in [2.45, 2.75) is 43.6 Å². The van der Waals surface area contributed by atoms with Gasteiger partial charge >= 0.3 is 5.97 Å². The average molecular weight is 376 g/mol. The summed E-state index contributed by atoms with van der Waals surface area (Å²) in [6.07, 6.45) is 4.94. The van der Waals surface area contributed by atoms with Crippen molar-refractivity contribution in [2.24, 2.45) is 5.92 Å². The Balaban J connectivity index is 1.47. The van der Waals surface area contributed by atoms with E-state index in [1.54, 1.807) is 17.8 Å². The molecule has 2 saturated carbocycles. The molecule has 1 amide bonds. The average Bonchev–Trinajstić information content (AvgIpc) is 3.50. The molecular weight excluding hydrogens is 352 g/mol. The Hall–Kier alpha value is -1.76. The number of hydrogen-bond donors (Lipinski definition) is 1. The number of methoxy groups -OCH3 is 1. The molecule has 1 aliphatic heterocycles. The summed E-state index contributed by atoms with van der Waals surface area (Å²) in [5.74, 6) is 2.61. The maximum absolute atomic E-state index is 12.7. The number of rotatable bonds is 8. The Bertz CT molecular complexity index is 711. The zero-order chi connectivity index (χ0) is 18.1. The Morgan fingerprint density at radius 1 is 1.27 bits per heavy atom. The number of carbonyl (C=O) groups excluding carboxylic acids is 2. The van der Waals surface area contributed by atoms with E-state index in [2.05, 4.69) is 10.3 Å². The van der Waals surface area contributed by atoms with Crippen molar-refractivity contribution in [3.63, 3.8) is 0 Å². The minimum atomic E-state index is -0.527. The van der Waals surface area contributed by atoms with Gasteiger partial charge in [-0.2, -0.15) is 11.8 Å². The van der Waals surface area contributed by atoms with Gasteiger partial charge in [-0.3, -0.25) is 9.59 Å². The van der Waals surface area contributed by atoms with Crippen molar-refractivity contribution in [3.05, 3.63) is 23.4 Å². The number of nitrogens with zero attached hydrogens (tertiary/aromatic N) is 1. The standard InChI is InChI=1S/C19H24N2O4S/c1-24-16(22)8-19(10-26-11-19)21-17(23)15-7-6-14(13-4-5-13)18(20-15)25-9-12-2-3-12/h6-7,12-13H,2-5,8-11H2,1H3,(H,21,23). The molecule has 2 aliphatic carbocycles. The van der Waals surface area contributed by atoms with Crippen LogP contribution in [0.15, 0.2) is 12.1 Å². The fourth-order valence-electron chi connectivity index (χ4n) is 3.10. The first-order valence-electron chi connectivity index (χ1n) is 9.19. The molecule has 0 radical (unpaired) electrons. The third-order valence-electron chi connectivity index (χ3n) is 5.14. The lowest BCUT2D eigenvalue weighted by molar-refractivity contribution is -0.141. The first-order chi connectivity index (χ1) is 12.6. The van der Waals surface area contributed by atoms with Crippen molar-refractivity contribution >= 4 is 23.6 Å². The lowest BCUT2D eigenvalue weighted by Crippen LogP contribution is -2.59. The van der Waals surface area contributed by atoms with Crippen molar-refractivity contribution in [3.8, 4) is 5.88 Å². The number of nitrogens with one attached hydrogen (secondary N) is 1. The van der Waals surface area contributed by atoms with E-state index >= 15 is 0 Å². The second-order valence-electron chi connectivity index (χ2n) is 7.60. The summed E-state index contributed by atoms with van der Waals surface area (Å²) >= 11 is 1.70.